The Morgan fingerprint density at radius 3 is 2.03 bits per heavy atom. The second-order valence-electron chi connectivity index (χ2n) is 6.64. The van der Waals surface area contributed by atoms with Crippen molar-refractivity contribution in [2.75, 3.05) is 12.0 Å². The van der Waals surface area contributed by atoms with E-state index < -0.39 is 17.7 Å². The van der Waals surface area contributed by atoms with E-state index in [1.54, 1.807) is 55.6 Å². The summed E-state index contributed by atoms with van der Waals surface area (Å²) < 4.78 is 5.19. The van der Waals surface area contributed by atoms with E-state index in [4.69, 9.17) is 4.74 Å². The van der Waals surface area contributed by atoms with Crippen molar-refractivity contribution in [3.63, 3.8) is 0 Å². The lowest BCUT2D eigenvalue weighted by atomic mass is 9.95. The molecule has 144 valence electrons. The summed E-state index contributed by atoms with van der Waals surface area (Å²) in [5.41, 5.74) is 1.85. The lowest BCUT2D eigenvalue weighted by molar-refractivity contribution is -0.132. The predicted octanol–water partition coefficient (Wildman–Crippen LogP) is 4.32. The predicted molar refractivity (Wildman–Crippen MR) is 111 cm³/mol. The number of hydrogen-bond acceptors (Lipinski definition) is 4. The third kappa shape index (κ3) is 3.27. The number of methoxy groups -OCH3 is 1. The van der Waals surface area contributed by atoms with E-state index in [0.29, 0.717) is 17.0 Å². The van der Waals surface area contributed by atoms with Gasteiger partial charge in [0.15, 0.2) is 0 Å². The Kier molecular flexibility index (Phi) is 4.87. The Labute approximate surface area is 168 Å². The molecule has 5 heteroatoms. The van der Waals surface area contributed by atoms with Gasteiger partial charge >= 0.3 is 0 Å². The number of carbonyl (C=O) groups is 2. The van der Waals surface area contributed by atoms with Crippen LogP contribution in [0.3, 0.4) is 0 Å². The molecule has 0 spiro atoms. The van der Waals surface area contributed by atoms with Gasteiger partial charge in [0, 0.05) is 11.3 Å². The van der Waals surface area contributed by atoms with E-state index in [1.807, 2.05) is 36.4 Å². The van der Waals surface area contributed by atoms with Crippen LogP contribution in [0, 0.1) is 0 Å². The van der Waals surface area contributed by atoms with Gasteiger partial charge < -0.3 is 9.84 Å². The Balaban J connectivity index is 1.91. The number of rotatable bonds is 4. The zero-order chi connectivity index (χ0) is 20.4. The average molecular weight is 385 g/mol. The molecule has 3 aromatic carbocycles. The fourth-order valence-corrected chi connectivity index (χ4v) is 3.54. The number of ketones is 1. The molecule has 5 nitrogen and oxygen atoms in total. The first-order valence-electron chi connectivity index (χ1n) is 9.17. The van der Waals surface area contributed by atoms with E-state index in [0.717, 1.165) is 5.56 Å². The van der Waals surface area contributed by atoms with Gasteiger partial charge in [-0.25, -0.2) is 0 Å². The van der Waals surface area contributed by atoms with Crippen molar-refractivity contribution < 1.29 is 19.4 Å². The van der Waals surface area contributed by atoms with Crippen LogP contribution in [0.5, 0.6) is 5.75 Å². The Morgan fingerprint density at radius 1 is 0.862 bits per heavy atom. The third-order valence-corrected chi connectivity index (χ3v) is 4.96. The number of carbonyl (C=O) groups excluding carboxylic acids is 2. The summed E-state index contributed by atoms with van der Waals surface area (Å²) in [7, 11) is 1.56. The Morgan fingerprint density at radius 2 is 1.45 bits per heavy atom. The van der Waals surface area contributed by atoms with E-state index >= 15 is 0 Å². The third-order valence-electron chi connectivity index (χ3n) is 4.96. The molecule has 0 saturated carbocycles. The summed E-state index contributed by atoms with van der Waals surface area (Å²) in [6.07, 6.45) is 0. The standard InChI is InChI=1S/C24H19NO4/c1-29-19-14-12-18(13-15-19)25-21(16-8-4-2-5-9-16)20(23(27)24(25)28)22(26)17-10-6-3-7-11-17/h2-15,21,26H,1H3/b22-20-. The first kappa shape index (κ1) is 18.5. The summed E-state index contributed by atoms with van der Waals surface area (Å²) in [5.74, 6) is -0.933. The number of benzene rings is 3. The van der Waals surface area contributed by atoms with Gasteiger partial charge in [-0.05, 0) is 29.8 Å². The van der Waals surface area contributed by atoms with Crippen molar-refractivity contribution in [3.05, 3.63) is 102 Å². The molecule has 1 atom stereocenters. The molecule has 1 fully saturated rings. The summed E-state index contributed by atoms with van der Waals surface area (Å²) in [6.45, 7) is 0. The molecular weight excluding hydrogens is 366 g/mol. The number of nitrogens with zero attached hydrogens (tertiary/aromatic N) is 1. The maximum Gasteiger partial charge on any atom is 0.300 e. The van der Waals surface area contributed by atoms with Crippen LogP contribution < -0.4 is 9.64 Å². The van der Waals surface area contributed by atoms with Crippen LogP contribution in [-0.2, 0) is 9.59 Å². The van der Waals surface area contributed by atoms with Crippen molar-refractivity contribution >= 4 is 23.1 Å². The molecule has 1 amide bonds. The van der Waals surface area contributed by atoms with Crippen LogP contribution in [0.4, 0.5) is 5.69 Å². The Hall–Kier alpha value is -3.86. The lowest BCUT2D eigenvalue weighted by Crippen LogP contribution is -2.29. The second kappa shape index (κ2) is 7.64. The first-order chi connectivity index (χ1) is 14.1. The second-order valence-corrected chi connectivity index (χ2v) is 6.64. The van der Waals surface area contributed by atoms with Crippen LogP contribution in [0.1, 0.15) is 17.2 Å². The zero-order valence-corrected chi connectivity index (χ0v) is 15.8. The summed E-state index contributed by atoms with van der Waals surface area (Å²) in [5, 5.41) is 10.9. The maximum absolute atomic E-state index is 13.0. The van der Waals surface area contributed by atoms with Gasteiger partial charge in [0.25, 0.3) is 11.7 Å². The molecule has 1 aliphatic heterocycles. The van der Waals surface area contributed by atoms with E-state index in [-0.39, 0.29) is 11.3 Å². The molecule has 1 saturated heterocycles. The molecule has 0 radical (unpaired) electrons. The number of Topliss-reactive ketones (excluding diaryl/α,β-unsaturated/α-hetero) is 1. The molecule has 1 N–H and O–H groups in total. The fourth-order valence-electron chi connectivity index (χ4n) is 3.54. The van der Waals surface area contributed by atoms with E-state index in [1.165, 1.54) is 4.90 Å². The number of aliphatic hydroxyl groups is 1. The number of amides is 1. The average Bonchev–Trinajstić information content (AvgIpc) is 3.05. The summed E-state index contributed by atoms with van der Waals surface area (Å²) in [6, 6.07) is 24.2. The number of ether oxygens (including phenoxy) is 1. The highest BCUT2D eigenvalue weighted by Gasteiger charge is 2.46. The molecule has 0 bridgehead atoms. The Bertz CT molecular complexity index is 1070. The van der Waals surface area contributed by atoms with Crippen molar-refractivity contribution in [2.45, 2.75) is 6.04 Å². The number of hydrogen-bond donors (Lipinski definition) is 1. The topological polar surface area (TPSA) is 66.8 Å². The van der Waals surface area contributed by atoms with Gasteiger partial charge in [0.05, 0.1) is 18.7 Å². The molecule has 1 unspecified atom stereocenters. The van der Waals surface area contributed by atoms with Crippen molar-refractivity contribution in [3.8, 4) is 5.75 Å². The smallest absolute Gasteiger partial charge is 0.300 e. The quantitative estimate of drug-likeness (QED) is 0.413. The highest BCUT2D eigenvalue weighted by atomic mass is 16.5. The minimum absolute atomic E-state index is 0.0724. The van der Waals surface area contributed by atoms with Crippen LogP contribution in [0.2, 0.25) is 0 Å². The molecule has 1 aliphatic rings. The van der Waals surface area contributed by atoms with Gasteiger partial charge in [0.1, 0.15) is 11.5 Å². The molecule has 1 heterocycles. The molecule has 3 aromatic rings. The van der Waals surface area contributed by atoms with Crippen molar-refractivity contribution in [2.24, 2.45) is 0 Å². The monoisotopic (exact) mass is 385 g/mol. The number of anilines is 1. The van der Waals surface area contributed by atoms with Crippen LogP contribution in [0.15, 0.2) is 90.5 Å². The molecule has 4 rings (SSSR count). The largest absolute Gasteiger partial charge is 0.507 e. The van der Waals surface area contributed by atoms with Gasteiger partial charge in [0.2, 0.25) is 0 Å². The summed E-state index contributed by atoms with van der Waals surface area (Å²) in [4.78, 5) is 27.4. The van der Waals surface area contributed by atoms with Gasteiger partial charge in [-0.3, -0.25) is 14.5 Å². The van der Waals surface area contributed by atoms with Crippen LogP contribution in [-0.4, -0.2) is 23.9 Å². The number of aliphatic hydroxyl groups excluding tert-OH is 1. The molecule has 0 aliphatic carbocycles. The normalized spacial score (nSPS) is 18.1. The van der Waals surface area contributed by atoms with Gasteiger partial charge in [-0.2, -0.15) is 0 Å². The minimum Gasteiger partial charge on any atom is -0.507 e. The van der Waals surface area contributed by atoms with Gasteiger partial charge in [-0.15, -0.1) is 0 Å². The summed E-state index contributed by atoms with van der Waals surface area (Å²) >= 11 is 0. The van der Waals surface area contributed by atoms with E-state index in [2.05, 4.69) is 0 Å². The molecule has 29 heavy (non-hydrogen) atoms. The zero-order valence-electron chi connectivity index (χ0n) is 15.8. The maximum atomic E-state index is 13.0. The fraction of sp³-hybridized carbons (Fsp3) is 0.0833. The minimum atomic E-state index is -0.732. The highest BCUT2D eigenvalue weighted by Crippen LogP contribution is 2.42. The molecule has 0 aromatic heterocycles. The highest BCUT2D eigenvalue weighted by molar-refractivity contribution is 6.51. The van der Waals surface area contributed by atoms with Crippen LogP contribution in [0.25, 0.3) is 5.76 Å². The van der Waals surface area contributed by atoms with Crippen molar-refractivity contribution in [1.82, 2.24) is 0 Å². The van der Waals surface area contributed by atoms with Crippen LogP contribution >= 0.6 is 0 Å². The SMILES string of the molecule is COc1ccc(N2C(=O)C(=O)/C(=C(\O)c3ccccc3)C2c2ccccc2)cc1. The van der Waals surface area contributed by atoms with E-state index in [9.17, 15) is 14.7 Å². The van der Waals surface area contributed by atoms with Crippen molar-refractivity contribution in [1.29, 1.82) is 0 Å². The van der Waals surface area contributed by atoms with Gasteiger partial charge in [-0.1, -0.05) is 60.7 Å². The first-order valence-corrected chi connectivity index (χ1v) is 9.17. The lowest BCUT2D eigenvalue weighted by Gasteiger charge is -2.25. The molecular formula is C24H19NO4.